The number of nitrogens with zero attached hydrogens (tertiary/aromatic N) is 1. The number of hydrogen-bond acceptors (Lipinski definition) is 4. The van der Waals surface area contributed by atoms with Gasteiger partial charge in [-0.15, -0.1) is 0 Å². The van der Waals surface area contributed by atoms with Gasteiger partial charge in [-0.05, 0) is 36.8 Å². The Kier molecular flexibility index (Phi) is 5.86. The molecule has 27 heavy (non-hydrogen) atoms. The lowest BCUT2D eigenvalue weighted by Crippen LogP contribution is -2.46. The van der Waals surface area contributed by atoms with Crippen LogP contribution in [-0.2, 0) is 9.59 Å². The molecule has 0 radical (unpaired) electrons. The molecule has 1 unspecified atom stereocenters. The molecule has 2 aromatic carbocycles. The second kappa shape index (κ2) is 8.31. The van der Waals surface area contributed by atoms with Crippen molar-refractivity contribution in [2.24, 2.45) is 0 Å². The molecule has 0 aromatic heterocycles. The molecule has 1 aliphatic heterocycles. The lowest BCUT2D eigenvalue weighted by molar-refractivity contribution is -0.126. The number of rotatable bonds is 6. The zero-order valence-corrected chi connectivity index (χ0v) is 16.0. The Balaban J connectivity index is 1.71. The highest BCUT2D eigenvalue weighted by atomic mass is 35.5. The molecule has 6 nitrogen and oxygen atoms in total. The smallest absolute Gasteiger partial charge is 0.268 e. The highest BCUT2D eigenvalue weighted by Gasteiger charge is 2.33. The molecular weight excluding hydrogens is 368 g/mol. The number of amides is 2. The lowest BCUT2D eigenvalue weighted by Gasteiger charge is -2.33. The number of halogens is 1. The van der Waals surface area contributed by atoms with Gasteiger partial charge >= 0.3 is 0 Å². The maximum absolute atomic E-state index is 12.7. The Morgan fingerprint density at radius 1 is 1.30 bits per heavy atom. The van der Waals surface area contributed by atoms with Crippen LogP contribution in [0.15, 0.2) is 42.5 Å². The van der Waals surface area contributed by atoms with Gasteiger partial charge in [0, 0.05) is 18.0 Å². The third-order valence-corrected chi connectivity index (χ3v) is 4.57. The maximum Gasteiger partial charge on any atom is 0.268 e. The first kappa shape index (κ1) is 19.0. The van der Waals surface area contributed by atoms with Crippen molar-refractivity contribution in [3.63, 3.8) is 0 Å². The Hall–Kier alpha value is -2.73. The summed E-state index contributed by atoms with van der Waals surface area (Å²) in [4.78, 5) is 26.7. The topological polar surface area (TPSA) is 67.9 Å². The van der Waals surface area contributed by atoms with E-state index in [1.54, 1.807) is 23.1 Å². The van der Waals surface area contributed by atoms with Gasteiger partial charge in [0.1, 0.15) is 11.5 Å². The van der Waals surface area contributed by atoms with Crippen LogP contribution >= 0.6 is 11.6 Å². The monoisotopic (exact) mass is 388 g/mol. The lowest BCUT2D eigenvalue weighted by atomic mass is 10.1. The molecule has 2 amide bonds. The van der Waals surface area contributed by atoms with E-state index < -0.39 is 6.10 Å². The van der Waals surface area contributed by atoms with Crippen LogP contribution in [0.2, 0.25) is 5.02 Å². The Labute approximate surface area is 163 Å². The minimum Gasteiger partial charge on any atom is -0.495 e. The van der Waals surface area contributed by atoms with E-state index in [0.717, 1.165) is 0 Å². The molecule has 0 saturated carbocycles. The third kappa shape index (κ3) is 4.17. The van der Waals surface area contributed by atoms with Crippen LogP contribution in [0.4, 0.5) is 11.4 Å². The molecule has 142 valence electrons. The molecule has 0 saturated heterocycles. The number of anilines is 2. The Morgan fingerprint density at radius 2 is 2.07 bits per heavy atom. The first-order valence-electron chi connectivity index (χ1n) is 8.74. The molecule has 1 N–H and O–H groups in total. The molecule has 0 aliphatic carbocycles. The number of hydrogen-bond donors (Lipinski definition) is 1. The average molecular weight is 389 g/mol. The van der Waals surface area contributed by atoms with Crippen LogP contribution in [-0.4, -0.2) is 31.6 Å². The highest BCUT2D eigenvalue weighted by Crippen LogP contribution is 2.34. The number of methoxy groups -OCH3 is 1. The number of carbonyl (C=O) groups excluding carboxylic acids is 2. The predicted molar refractivity (Wildman–Crippen MR) is 105 cm³/mol. The fourth-order valence-corrected chi connectivity index (χ4v) is 3.14. The molecule has 1 heterocycles. The average Bonchev–Trinajstić information content (AvgIpc) is 2.67. The number of benzene rings is 2. The molecule has 1 aliphatic rings. The first-order valence-corrected chi connectivity index (χ1v) is 9.11. The summed E-state index contributed by atoms with van der Waals surface area (Å²) in [5.41, 5.74) is 1.18. The van der Waals surface area contributed by atoms with E-state index in [-0.39, 0.29) is 24.8 Å². The summed E-state index contributed by atoms with van der Waals surface area (Å²) < 4.78 is 11.0. The summed E-state index contributed by atoms with van der Waals surface area (Å²) in [5.74, 6) is 0.803. The van der Waals surface area contributed by atoms with E-state index >= 15 is 0 Å². The zero-order chi connectivity index (χ0) is 19.4. The fourth-order valence-electron chi connectivity index (χ4n) is 2.97. The Morgan fingerprint density at radius 3 is 2.81 bits per heavy atom. The second-order valence-corrected chi connectivity index (χ2v) is 6.55. The standard InChI is InChI=1S/C20H21ClN2O4/c1-3-16-20(25)23(15-6-4-5-7-18(15)27-16)11-10-19(24)22-14-12-13(21)8-9-17(14)26-2/h4-9,12,16H,3,10-11H2,1-2H3,(H,22,24). The molecule has 0 fully saturated rings. The van der Waals surface area contributed by atoms with Gasteiger partial charge < -0.3 is 19.7 Å². The molecule has 0 bridgehead atoms. The first-order chi connectivity index (χ1) is 13.0. The Bertz CT molecular complexity index is 856. The maximum atomic E-state index is 12.7. The van der Waals surface area contributed by atoms with Crippen LogP contribution in [0, 0.1) is 0 Å². The van der Waals surface area contributed by atoms with Gasteiger partial charge in [-0.3, -0.25) is 9.59 Å². The molecule has 1 atom stereocenters. The fraction of sp³-hybridized carbons (Fsp3) is 0.300. The molecular formula is C20H21ClN2O4. The van der Waals surface area contributed by atoms with Crippen molar-refractivity contribution < 1.29 is 19.1 Å². The van der Waals surface area contributed by atoms with E-state index in [4.69, 9.17) is 21.1 Å². The van der Waals surface area contributed by atoms with Gasteiger partial charge in [-0.1, -0.05) is 30.7 Å². The summed E-state index contributed by atoms with van der Waals surface area (Å²) in [5, 5.41) is 3.28. The van der Waals surface area contributed by atoms with Gasteiger partial charge in [0.25, 0.3) is 5.91 Å². The van der Waals surface area contributed by atoms with Crippen molar-refractivity contribution in [3.05, 3.63) is 47.5 Å². The molecule has 3 rings (SSSR count). The minimum absolute atomic E-state index is 0.131. The van der Waals surface area contributed by atoms with Crippen LogP contribution in [0.25, 0.3) is 0 Å². The van der Waals surface area contributed by atoms with Gasteiger partial charge in [-0.2, -0.15) is 0 Å². The van der Waals surface area contributed by atoms with E-state index in [1.807, 2.05) is 31.2 Å². The van der Waals surface area contributed by atoms with Crippen molar-refractivity contribution in [1.82, 2.24) is 0 Å². The normalized spacial score (nSPS) is 15.7. The quantitative estimate of drug-likeness (QED) is 0.815. The number of fused-ring (bicyclic) bond motifs is 1. The van der Waals surface area contributed by atoms with E-state index in [0.29, 0.717) is 34.3 Å². The molecule has 7 heteroatoms. The number of para-hydroxylation sites is 2. The van der Waals surface area contributed by atoms with Crippen molar-refractivity contribution in [1.29, 1.82) is 0 Å². The van der Waals surface area contributed by atoms with Gasteiger partial charge in [-0.25, -0.2) is 0 Å². The van der Waals surface area contributed by atoms with Crippen molar-refractivity contribution >= 4 is 34.8 Å². The number of carbonyl (C=O) groups is 2. The molecule has 0 spiro atoms. The second-order valence-electron chi connectivity index (χ2n) is 6.12. The van der Waals surface area contributed by atoms with E-state index in [9.17, 15) is 9.59 Å². The zero-order valence-electron chi connectivity index (χ0n) is 15.2. The van der Waals surface area contributed by atoms with Crippen molar-refractivity contribution in [2.45, 2.75) is 25.9 Å². The van der Waals surface area contributed by atoms with Crippen molar-refractivity contribution in [2.75, 3.05) is 23.9 Å². The van der Waals surface area contributed by atoms with Crippen molar-refractivity contribution in [3.8, 4) is 11.5 Å². The van der Waals surface area contributed by atoms with E-state index in [1.165, 1.54) is 7.11 Å². The van der Waals surface area contributed by atoms with Gasteiger partial charge in [0.15, 0.2) is 6.10 Å². The SMILES string of the molecule is CCC1Oc2ccccc2N(CCC(=O)Nc2cc(Cl)ccc2OC)C1=O. The summed E-state index contributed by atoms with van der Waals surface area (Å²) in [6.07, 6.45) is 0.165. The van der Waals surface area contributed by atoms with Crippen LogP contribution in [0.1, 0.15) is 19.8 Å². The van der Waals surface area contributed by atoms with Gasteiger partial charge in [0.2, 0.25) is 5.91 Å². The summed E-state index contributed by atoms with van der Waals surface area (Å²) in [6.45, 7) is 2.15. The largest absolute Gasteiger partial charge is 0.495 e. The highest BCUT2D eigenvalue weighted by molar-refractivity contribution is 6.31. The number of ether oxygens (including phenoxy) is 2. The number of nitrogens with one attached hydrogen (secondary N) is 1. The third-order valence-electron chi connectivity index (χ3n) is 4.34. The van der Waals surface area contributed by atoms with Crippen LogP contribution in [0.5, 0.6) is 11.5 Å². The minimum atomic E-state index is -0.531. The predicted octanol–water partition coefficient (Wildman–Crippen LogP) is 3.88. The van der Waals surface area contributed by atoms with Crippen LogP contribution < -0.4 is 19.7 Å². The summed E-state index contributed by atoms with van der Waals surface area (Å²) >= 11 is 5.99. The van der Waals surface area contributed by atoms with E-state index in [2.05, 4.69) is 5.32 Å². The summed E-state index contributed by atoms with van der Waals surface area (Å²) in [6, 6.07) is 12.3. The van der Waals surface area contributed by atoms with Crippen LogP contribution in [0.3, 0.4) is 0 Å². The summed E-state index contributed by atoms with van der Waals surface area (Å²) in [7, 11) is 1.52. The molecule has 2 aromatic rings. The van der Waals surface area contributed by atoms with Gasteiger partial charge in [0.05, 0.1) is 18.5 Å².